The average Bonchev–Trinajstić information content (AvgIpc) is 2.02. The zero-order valence-electron chi connectivity index (χ0n) is 10.3. The van der Waals surface area contributed by atoms with Gasteiger partial charge in [-0.1, -0.05) is 13.8 Å². The molecule has 1 aliphatic heterocycles. The number of hydrogen-bond acceptors (Lipinski definition) is 2. The molecule has 0 amide bonds. The average molecular weight is 198 g/mol. The molecule has 0 aromatic carbocycles. The van der Waals surface area contributed by atoms with Crippen LogP contribution in [0.1, 0.15) is 40.5 Å². The SMILES string of the molecule is CCNC(C)(C)CN1CCCC(C)C1. The molecule has 1 heterocycles. The lowest BCUT2D eigenvalue weighted by molar-refractivity contribution is 0.143. The fraction of sp³-hybridized carbons (Fsp3) is 1.00. The first-order valence-electron chi connectivity index (χ1n) is 6.01. The van der Waals surface area contributed by atoms with Crippen molar-refractivity contribution in [2.24, 2.45) is 5.92 Å². The second-order valence-corrected chi connectivity index (χ2v) is 5.40. The lowest BCUT2D eigenvalue weighted by Crippen LogP contribution is -2.51. The van der Waals surface area contributed by atoms with Gasteiger partial charge in [-0.25, -0.2) is 0 Å². The van der Waals surface area contributed by atoms with Crippen molar-refractivity contribution >= 4 is 0 Å². The zero-order chi connectivity index (χ0) is 10.6. The molecule has 14 heavy (non-hydrogen) atoms. The van der Waals surface area contributed by atoms with E-state index in [1.807, 2.05) is 0 Å². The van der Waals surface area contributed by atoms with Gasteiger partial charge in [-0.15, -0.1) is 0 Å². The van der Waals surface area contributed by atoms with E-state index in [0.29, 0.717) is 0 Å². The Kier molecular flexibility index (Phi) is 4.39. The fourth-order valence-electron chi connectivity index (χ4n) is 2.52. The van der Waals surface area contributed by atoms with Crippen LogP contribution in [0.5, 0.6) is 0 Å². The van der Waals surface area contributed by atoms with Crippen molar-refractivity contribution in [1.82, 2.24) is 10.2 Å². The summed E-state index contributed by atoms with van der Waals surface area (Å²) in [6, 6.07) is 0. The van der Waals surface area contributed by atoms with Gasteiger partial charge in [0.25, 0.3) is 0 Å². The summed E-state index contributed by atoms with van der Waals surface area (Å²) < 4.78 is 0. The van der Waals surface area contributed by atoms with Crippen LogP contribution in [0.25, 0.3) is 0 Å². The fourth-order valence-corrected chi connectivity index (χ4v) is 2.52. The van der Waals surface area contributed by atoms with Crippen molar-refractivity contribution in [3.8, 4) is 0 Å². The molecular weight excluding hydrogens is 172 g/mol. The van der Waals surface area contributed by atoms with Crippen molar-refractivity contribution < 1.29 is 0 Å². The number of nitrogens with zero attached hydrogens (tertiary/aromatic N) is 1. The van der Waals surface area contributed by atoms with E-state index in [0.717, 1.165) is 12.5 Å². The van der Waals surface area contributed by atoms with Crippen molar-refractivity contribution in [3.63, 3.8) is 0 Å². The van der Waals surface area contributed by atoms with E-state index in [-0.39, 0.29) is 5.54 Å². The molecule has 0 saturated carbocycles. The Morgan fingerprint density at radius 2 is 2.14 bits per heavy atom. The lowest BCUT2D eigenvalue weighted by atomic mass is 9.97. The smallest absolute Gasteiger partial charge is 0.0252 e. The molecule has 1 atom stereocenters. The lowest BCUT2D eigenvalue weighted by Gasteiger charge is -2.37. The zero-order valence-corrected chi connectivity index (χ0v) is 10.3. The van der Waals surface area contributed by atoms with Crippen molar-refractivity contribution in [2.45, 2.75) is 46.1 Å². The molecule has 1 fully saturated rings. The number of nitrogens with one attached hydrogen (secondary N) is 1. The quantitative estimate of drug-likeness (QED) is 0.744. The molecule has 1 rings (SSSR count). The maximum Gasteiger partial charge on any atom is 0.0252 e. The highest BCUT2D eigenvalue weighted by atomic mass is 15.2. The molecule has 2 nitrogen and oxygen atoms in total. The Bertz CT molecular complexity index is 166. The predicted molar refractivity (Wildman–Crippen MR) is 62.6 cm³/mol. The van der Waals surface area contributed by atoms with E-state index in [1.165, 1.54) is 32.5 Å². The van der Waals surface area contributed by atoms with Crippen LogP contribution in [-0.2, 0) is 0 Å². The van der Waals surface area contributed by atoms with E-state index >= 15 is 0 Å². The van der Waals surface area contributed by atoms with Gasteiger partial charge >= 0.3 is 0 Å². The molecule has 1 saturated heterocycles. The van der Waals surface area contributed by atoms with Gasteiger partial charge in [0.2, 0.25) is 0 Å². The molecular formula is C12H26N2. The van der Waals surface area contributed by atoms with Crippen molar-refractivity contribution in [1.29, 1.82) is 0 Å². The van der Waals surface area contributed by atoms with Crippen LogP contribution in [0, 0.1) is 5.92 Å². The molecule has 0 aromatic heterocycles. The number of hydrogen-bond donors (Lipinski definition) is 1. The third kappa shape index (κ3) is 3.97. The third-order valence-electron chi connectivity index (χ3n) is 3.02. The maximum absolute atomic E-state index is 3.54. The van der Waals surface area contributed by atoms with Crippen LogP contribution >= 0.6 is 0 Å². The van der Waals surface area contributed by atoms with Crippen molar-refractivity contribution in [3.05, 3.63) is 0 Å². The highest BCUT2D eigenvalue weighted by Gasteiger charge is 2.23. The Morgan fingerprint density at radius 3 is 2.71 bits per heavy atom. The molecule has 0 spiro atoms. The van der Waals surface area contributed by atoms with Crippen LogP contribution < -0.4 is 5.32 Å². The number of rotatable bonds is 4. The normalized spacial score (nSPS) is 25.3. The topological polar surface area (TPSA) is 15.3 Å². The number of likely N-dealkylation sites (tertiary alicyclic amines) is 1. The molecule has 0 radical (unpaired) electrons. The Labute approximate surface area is 89.1 Å². The predicted octanol–water partition coefficient (Wildman–Crippen LogP) is 2.11. The van der Waals surface area contributed by atoms with Gasteiger partial charge in [0, 0.05) is 18.6 Å². The summed E-state index contributed by atoms with van der Waals surface area (Å²) in [6.07, 6.45) is 2.79. The van der Waals surface area contributed by atoms with Crippen LogP contribution in [0.4, 0.5) is 0 Å². The summed E-state index contributed by atoms with van der Waals surface area (Å²) in [5, 5.41) is 3.54. The maximum atomic E-state index is 3.54. The Morgan fingerprint density at radius 1 is 1.43 bits per heavy atom. The molecule has 1 unspecified atom stereocenters. The minimum absolute atomic E-state index is 0.270. The van der Waals surface area contributed by atoms with Crippen LogP contribution in [0.2, 0.25) is 0 Å². The molecule has 0 aliphatic carbocycles. The molecule has 2 heteroatoms. The highest BCUT2D eigenvalue weighted by Crippen LogP contribution is 2.17. The Balaban J connectivity index is 2.34. The third-order valence-corrected chi connectivity index (χ3v) is 3.02. The van der Waals surface area contributed by atoms with Crippen LogP contribution in [-0.4, -0.2) is 36.6 Å². The molecule has 84 valence electrons. The second-order valence-electron chi connectivity index (χ2n) is 5.40. The molecule has 0 bridgehead atoms. The number of piperidine rings is 1. The first-order valence-corrected chi connectivity index (χ1v) is 6.01. The first kappa shape index (κ1) is 12.0. The van der Waals surface area contributed by atoms with Crippen LogP contribution in [0.15, 0.2) is 0 Å². The second kappa shape index (κ2) is 5.13. The van der Waals surface area contributed by atoms with E-state index in [1.54, 1.807) is 0 Å². The van der Waals surface area contributed by atoms with Gasteiger partial charge in [-0.3, -0.25) is 0 Å². The van der Waals surface area contributed by atoms with E-state index in [9.17, 15) is 0 Å². The highest BCUT2D eigenvalue weighted by molar-refractivity contribution is 4.83. The van der Waals surface area contributed by atoms with Gasteiger partial charge in [0.15, 0.2) is 0 Å². The monoisotopic (exact) mass is 198 g/mol. The minimum Gasteiger partial charge on any atom is -0.311 e. The van der Waals surface area contributed by atoms with E-state index in [2.05, 4.69) is 37.9 Å². The largest absolute Gasteiger partial charge is 0.311 e. The van der Waals surface area contributed by atoms with Crippen molar-refractivity contribution in [2.75, 3.05) is 26.2 Å². The summed E-state index contributed by atoms with van der Waals surface area (Å²) in [5.41, 5.74) is 0.270. The summed E-state index contributed by atoms with van der Waals surface area (Å²) in [4.78, 5) is 2.61. The van der Waals surface area contributed by atoms with Gasteiger partial charge in [-0.05, 0) is 45.7 Å². The van der Waals surface area contributed by atoms with E-state index in [4.69, 9.17) is 0 Å². The van der Waals surface area contributed by atoms with Gasteiger partial charge in [0.05, 0.1) is 0 Å². The summed E-state index contributed by atoms with van der Waals surface area (Å²) in [5.74, 6) is 0.890. The first-order chi connectivity index (χ1) is 6.53. The summed E-state index contributed by atoms with van der Waals surface area (Å²) in [6.45, 7) is 14.0. The molecule has 1 aliphatic rings. The standard InChI is InChI=1S/C12H26N2/c1-5-13-12(3,4)10-14-8-6-7-11(2)9-14/h11,13H,5-10H2,1-4H3. The summed E-state index contributed by atoms with van der Waals surface area (Å²) >= 11 is 0. The minimum atomic E-state index is 0.270. The Hall–Kier alpha value is -0.0800. The van der Waals surface area contributed by atoms with Gasteiger partial charge in [0.1, 0.15) is 0 Å². The van der Waals surface area contributed by atoms with Gasteiger partial charge < -0.3 is 10.2 Å². The molecule has 1 N–H and O–H groups in total. The molecule has 0 aromatic rings. The van der Waals surface area contributed by atoms with Crippen LogP contribution in [0.3, 0.4) is 0 Å². The van der Waals surface area contributed by atoms with E-state index < -0.39 is 0 Å². The summed E-state index contributed by atoms with van der Waals surface area (Å²) in [7, 11) is 0. The number of likely N-dealkylation sites (N-methyl/N-ethyl adjacent to an activating group) is 1. The van der Waals surface area contributed by atoms with Gasteiger partial charge in [-0.2, -0.15) is 0 Å².